The highest BCUT2D eigenvalue weighted by Gasteiger charge is 2.33. The molecule has 0 atom stereocenters. The SMILES string of the molecule is NC(=O)c1ccc(C(F)(F)F)nc1Nc1ccc(N)cc1. The molecule has 0 aliphatic rings. The standard InChI is InChI=1S/C13H11F3N4O/c14-13(15,16)10-6-5-9(11(18)21)12(20-10)19-8-3-1-7(17)2-4-8/h1-6H,17H2,(H2,18,21)(H,19,20). The summed E-state index contributed by atoms with van der Waals surface area (Å²) in [7, 11) is 0. The van der Waals surface area contributed by atoms with E-state index in [1.165, 1.54) is 0 Å². The predicted molar refractivity (Wildman–Crippen MR) is 71.9 cm³/mol. The average Bonchev–Trinajstić information content (AvgIpc) is 2.40. The molecule has 0 fully saturated rings. The number of nitrogens with two attached hydrogens (primary N) is 2. The minimum atomic E-state index is -4.62. The van der Waals surface area contributed by atoms with Gasteiger partial charge in [0.1, 0.15) is 11.5 Å². The average molecular weight is 296 g/mol. The maximum absolute atomic E-state index is 12.7. The van der Waals surface area contributed by atoms with Crippen LogP contribution in [0.5, 0.6) is 0 Å². The van der Waals surface area contributed by atoms with Crippen LogP contribution in [-0.2, 0) is 6.18 Å². The number of primary amides is 1. The van der Waals surface area contributed by atoms with Crippen LogP contribution in [0.4, 0.5) is 30.4 Å². The molecular formula is C13H11F3N4O. The molecule has 5 N–H and O–H groups in total. The van der Waals surface area contributed by atoms with Gasteiger partial charge in [0, 0.05) is 11.4 Å². The molecule has 110 valence electrons. The Morgan fingerprint density at radius 2 is 1.71 bits per heavy atom. The summed E-state index contributed by atoms with van der Waals surface area (Å²) in [5, 5.41) is 2.63. The van der Waals surface area contributed by atoms with Crippen molar-refractivity contribution < 1.29 is 18.0 Å². The number of pyridine rings is 1. The molecule has 0 unspecified atom stereocenters. The van der Waals surface area contributed by atoms with E-state index in [9.17, 15) is 18.0 Å². The number of nitrogens with one attached hydrogen (secondary N) is 1. The van der Waals surface area contributed by atoms with Gasteiger partial charge in [-0.05, 0) is 36.4 Å². The summed E-state index contributed by atoms with van der Waals surface area (Å²) < 4.78 is 38.0. The third-order valence-electron chi connectivity index (χ3n) is 2.62. The molecule has 21 heavy (non-hydrogen) atoms. The normalized spacial score (nSPS) is 11.2. The van der Waals surface area contributed by atoms with E-state index in [2.05, 4.69) is 10.3 Å². The zero-order valence-corrected chi connectivity index (χ0v) is 10.6. The first-order valence-corrected chi connectivity index (χ1v) is 5.78. The molecule has 0 aliphatic carbocycles. The Balaban J connectivity index is 2.43. The minimum Gasteiger partial charge on any atom is -0.399 e. The smallest absolute Gasteiger partial charge is 0.399 e. The van der Waals surface area contributed by atoms with Crippen LogP contribution in [0.2, 0.25) is 0 Å². The molecule has 5 nitrogen and oxygen atoms in total. The first-order valence-electron chi connectivity index (χ1n) is 5.78. The number of rotatable bonds is 3. The van der Waals surface area contributed by atoms with Gasteiger partial charge in [-0.25, -0.2) is 4.98 Å². The molecular weight excluding hydrogens is 285 g/mol. The van der Waals surface area contributed by atoms with Gasteiger partial charge in [0.05, 0.1) is 5.56 Å². The monoisotopic (exact) mass is 296 g/mol. The van der Waals surface area contributed by atoms with E-state index in [4.69, 9.17) is 11.5 Å². The van der Waals surface area contributed by atoms with Crippen molar-refractivity contribution >= 4 is 23.1 Å². The highest BCUT2D eigenvalue weighted by Crippen LogP contribution is 2.30. The number of amides is 1. The lowest BCUT2D eigenvalue weighted by molar-refractivity contribution is -0.141. The Hall–Kier alpha value is -2.77. The summed E-state index contributed by atoms with van der Waals surface area (Å²) in [5.74, 6) is -1.14. The minimum absolute atomic E-state index is 0.139. The fraction of sp³-hybridized carbons (Fsp3) is 0.0769. The van der Waals surface area contributed by atoms with E-state index in [1.54, 1.807) is 24.3 Å². The number of alkyl halides is 3. The number of nitrogens with zero attached hydrogens (tertiary/aromatic N) is 1. The van der Waals surface area contributed by atoms with Gasteiger partial charge < -0.3 is 16.8 Å². The van der Waals surface area contributed by atoms with E-state index in [-0.39, 0.29) is 11.4 Å². The topological polar surface area (TPSA) is 94.0 Å². The van der Waals surface area contributed by atoms with Gasteiger partial charge in [0.2, 0.25) is 0 Å². The summed E-state index contributed by atoms with van der Waals surface area (Å²) in [5.41, 5.74) is 10.3. The van der Waals surface area contributed by atoms with Crippen LogP contribution in [-0.4, -0.2) is 10.9 Å². The van der Waals surface area contributed by atoms with E-state index in [0.717, 1.165) is 6.07 Å². The van der Waals surface area contributed by atoms with Crippen molar-refractivity contribution in [2.75, 3.05) is 11.1 Å². The molecule has 1 aromatic heterocycles. The van der Waals surface area contributed by atoms with Crippen LogP contribution in [0.1, 0.15) is 16.1 Å². The van der Waals surface area contributed by atoms with Crippen molar-refractivity contribution in [2.24, 2.45) is 5.73 Å². The van der Waals surface area contributed by atoms with Gasteiger partial charge in [0.25, 0.3) is 5.91 Å². The zero-order chi connectivity index (χ0) is 15.6. The number of benzene rings is 1. The van der Waals surface area contributed by atoms with Crippen LogP contribution in [0.15, 0.2) is 36.4 Å². The first-order chi connectivity index (χ1) is 9.77. The van der Waals surface area contributed by atoms with Crippen molar-refractivity contribution in [2.45, 2.75) is 6.18 Å². The summed E-state index contributed by atoms with van der Waals surface area (Å²) in [6, 6.07) is 7.88. The largest absolute Gasteiger partial charge is 0.433 e. The second-order valence-corrected chi connectivity index (χ2v) is 4.20. The molecule has 0 spiro atoms. The number of aromatic nitrogens is 1. The fourth-order valence-corrected chi connectivity index (χ4v) is 1.61. The molecule has 1 heterocycles. The molecule has 0 radical (unpaired) electrons. The van der Waals surface area contributed by atoms with E-state index < -0.39 is 17.8 Å². The van der Waals surface area contributed by atoms with E-state index in [1.807, 2.05) is 0 Å². The fourth-order valence-electron chi connectivity index (χ4n) is 1.61. The number of hydrogen-bond donors (Lipinski definition) is 3. The molecule has 0 bridgehead atoms. The van der Waals surface area contributed by atoms with Gasteiger partial charge in [-0.15, -0.1) is 0 Å². The second-order valence-electron chi connectivity index (χ2n) is 4.20. The van der Waals surface area contributed by atoms with Crippen molar-refractivity contribution in [3.05, 3.63) is 47.7 Å². The molecule has 8 heteroatoms. The lowest BCUT2D eigenvalue weighted by atomic mass is 10.2. The van der Waals surface area contributed by atoms with Gasteiger partial charge in [-0.2, -0.15) is 13.2 Å². The summed E-state index contributed by atoms with van der Waals surface area (Å²) in [6.07, 6.45) is -4.62. The quantitative estimate of drug-likeness (QED) is 0.759. The van der Waals surface area contributed by atoms with Crippen LogP contribution >= 0.6 is 0 Å². The Morgan fingerprint density at radius 3 is 2.24 bits per heavy atom. The van der Waals surface area contributed by atoms with Crippen LogP contribution in [0.25, 0.3) is 0 Å². The zero-order valence-electron chi connectivity index (χ0n) is 10.6. The summed E-state index contributed by atoms with van der Waals surface area (Å²) in [6.45, 7) is 0. The number of halogens is 3. The van der Waals surface area contributed by atoms with Gasteiger partial charge in [-0.1, -0.05) is 0 Å². The van der Waals surface area contributed by atoms with E-state index in [0.29, 0.717) is 17.4 Å². The van der Waals surface area contributed by atoms with Crippen molar-refractivity contribution in [3.63, 3.8) is 0 Å². The maximum Gasteiger partial charge on any atom is 0.433 e. The van der Waals surface area contributed by atoms with Gasteiger partial charge in [-0.3, -0.25) is 4.79 Å². The lowest BCUT2D eigenvalue weighted by Crippen LogP contribution is -2.17. The molecule has 0 saturated carbocycles. The van der Waals surface area contributed by atoms with E-state index >= 15 is 0 Å². The summed E-state index contributed by atoms with van der Waals surface area (Å²) >= 11 is 0. The number of hydrogen-bond acceptors (Lipinski definition) is 4. The second kappa shape index (κ2) is 5.31. The lowest BCUT2D eigenvalue weighted by Gasteiger charge is -2.12. The molecule has 0 aliphatic heterocycles. The molecule has 2 aromatic rings. The molecule has 0 saturated heterocycles. The first kappa shape index (κ1) is 14.6. The van der Waals surface area contributed by atoms with Crippen molar-refractivity contribution in [1.82, 2.24) is 4.98 Å². The maximum atomic E-state index is 12.7. The number of carbonyl (C=O) groups is 1. The Morgan fingerprint density at radius 1 is 1.10 bits per heavy atom. The Kier molecular flexibility index (Phi) is 3.70. The highest BCUT2D eigenvalue weighted by atomic mass is 19.4. The molecule has 2 rings (SSSR count). The van der Waals surface area contributed by atoms with Crippen LogP contribution in [0.3, 0.4) is 0 Å². The van der Waals surface area contributed by atoms with Crippen LogP contribution in [0, 0.1) is 0 Å². The highest BCUT2D eigenvalue weighted by molar-refractivity contribution is 5.98. The third-order valence-corrected chi connectivity index (χ3v) is 2.62. The predicted octanol–water partition coefficient (Wildman–Crippen LogP) is 2.53. The van der Waals surface area contributed by atoms with Crippen molar-refractivity contribution in [3.8, 4) is 0 Å². The van der Waals surface area contributed by atoms with Gasteiger partial charge >= 0.3 is 6.18 Å². The van der Waals surface area contributed by atoms with Crippen molar-refractivity contribution in [1.29, 1.82) is 0 Å². The molecule has 1 aromatic carbocycles. The number of nitrogen functional groups attached to an aromatic ring is 1. The van der Waals surface area contributed by atoms with Gasteiger partial charge in [0.15, 0.2) is 0 Å². The summed E-state index contributed by atoms with van der Waals surface area (Å²) in [4.78, 5) is 14.7. The Bertz CT molecular complexity index is 668. The Labute approximate surface area is 117 Å². The number of anilines is 3. The van der Waals surface area contributed by atoms with Crippen LogP contribution < -0.4 is 16.8 Å². The molecule has 1 amide bonds. The third kappa shape index (κ3) is 3.41. The number of carbonyl (C=O) groups excluding carboxylic acids is 1.